The second-order valence-electron chi connectivity index (χ2n) is 4.23. The van der Waals surface area contributed by atoms with Gasteiger partial charge in [-0.15, -0.1) is 0 Å². The molecular formula is C14H15F2NO. The molecule has 2 rings (SSSR count). The number of aryl methyl sites for hydroxylation is 1. The van der Waals surface area contributed by atoms with E-state index in [-0.39, 0.29) is 0 Å². The van der Waals surface area contributed by atoms with Gasteiger partial charge in [-0.05, 0) is 49.2 Å². The van der Waals surface area contributed by atoms with Gasteiger partial charge in [0.2, 0.25) is 0 Å². The van der Waals surface area contributed by atoms with Gasteiger partial charge in [-0.2, -0.15) is 0 Å². The Balaban J connectivity index is 1.80. The number of benzene rings is 1. The minimum Gasteiger partial charge on any atom is -0.468 e. The fourth-order valence-corrected chi connectivity index (χ4v) is 1.78. The Hall–Kier alpha value is -1.68. The zero-order valence-electron chi connectivity index (χ0n) is 10.2. The highest BCUT2D eigenvalue weighted by Gasteiger charge is 2.02. The van der Waals surface area contributed by atoms with Gasteiger partial charge in [0, 0.05) is 6.07 Å². The molecule has 0 aliphatic rings. The summed E-state index contributed by atoms with van der Waals surface area (Å²) in [5.74, 6) is -0.181. The van der Waals surface area contributed by atoms with Crippen LogP contribution in [0.5, 0.6) is 0 Å². The topological polar surface area (TPSA) is 25.2 Å². The minimum atomic E-state index is -0.535. The normalized spacial score (nSPS) is 10.8. The summed E-state index contributed by atoms with van der Waals surface area (Å²) in [6.07, 6.45) is 2.22. The number of hydrogen-bond acceptors (Lipinski definition) is 2. The third kappa shape index (κ3) is 3.40. The van der Waals surface area contributed by atoms with Crippen molar-refractivity contribution in [3.05, 3.63) is 59.1 Å². The molecule has 1 heterocycles. The summed E-state index contributed by atoms with van der Waals surface area (Å²) in [6.45, 7) is 3.24. The summed E-state index contributed by atoms with van der Waals surface area (Å²) < 4.78 is 31.1. The average Bonchev–Trinajstić information content (AvgIpc) is 2.69. The number of halogens is 2. The van der Waals surface area contributed by atoms with Crippen LogP contribution in [0.3, 0.4) is 0 Å². The van der Waals surface area contributed by atoms with E-state index in [0.717, 1.165) is 17.4 Å². The van der Waals surface area contributed by atoms with Crippen molar-refractivity contribution in [1.82, 2.24) is 5.32 Å². The fraction of sp³-hybridized carbons (Fsp3) is 0.286. The SMILES string of the molecule is Cc1ccoc1CNCCc1cc(F)cc(F)c1. The first-order valence-corrected chi connectivity index (χ1v) is 5.84. The molecule has 0 atom stereocenters. The van der Waals surface area contributed by atoms with E-state index in [1.807, 2.05) is 13.0 Å². The summed E-state index contributed by atoms with van der Waals surface area (Å²) >= 11 is 0. The number of furan rings is 1. The van der Waals surface area contributed by atoms with E-state index >= 15 is 0 Å². The lowest BCUT2D eigenvalue weighted by Gasteiger charge is -2.04. The van der Waals surface area contributed by atoms with E-state index in [2.05, 4.69) is 5.32 Å². The predicted octanol–water partition coefficient (Wildman–Crippen LogP) is 3.20. The second kappa shape index (κ2) is 5.78. The van der Waals surface area contributed by atoms with Crippen LogP contribution in [0.15, 0.2) is 34.9 Å². The van der Waals surface area contributed by atoms with Crippen molar-refractivity contribution in [1.29, 1.82) is 0 Å². The van der Waals surface area contributed by atoms with Gasteiger partial charge in [-0.25, -0.2) is 8.78 Å². The van der Waals surface area contributed by atoms with E-state index in [1.165, 1.54) is 12.1 Å². The Labute approximate surface area is 105 Å². The zero-order chi connectivity index (χ0) is 13.0. The van der Waals surface area contributed by atoms with Gasteiger partial charge in [0.1, 0.15) is 17.4 Å². The summed E-state index contributed by atoms with van der Waals surface area (Å²) in [5.41, 5.74) is 1.75. The zero-order valence-corrected chi connectivity index (χ0v) is 10.2. The molecular weight excluding hydrogens is 236 g/mol. The van der Waals surface area contributed by atoms with Gasteiger partial charge in [0.15, 0.2) is 0 Å². The van der Waals surface area contributed by atoms with Crippen LogP contribution in [0, 0.1) is 18.6 Å². The highest BCUT2D eigenvalue weighted by atomic mass is 19.1. The molecule has 18 heavy (non-hydrogen) atoms. The first-order chi connectivity index (χ1) is 8.65. The van der Waals surface area contributed by atoms with E-state index < -0.39 is 11.6 Å². The van der Waals surface area contributed by atoms with E-state index in [1.54, 1.807) is 6.26 Å². The minimum absolute atomic E-state index is 0.535. The van der Waals surface area contributed by atoms with E-state index in [4.69, 9.17) is 4.42 Å². The molecule has 0 bridgehead atoms. The molecule has 0 amide bonds. The maximum atomic E-state index is 12.9. The van der Waals surface area contributed by atoms with Crippen molar-refractivity contribution in [3.8, 4) is 0 Å². The predicted molar refractivity (Wildman–Crippen MR) is 65.2 cm³/mol. The van der Waals surface area contributed by atoms with Crippen LogP contribution in [0.2, 0.25) is 0 Å². The molecule has 2 aromatic rings. The summed E-state index contributed by atoms with van der Waals surface area (Å²) in [4.78, 5) is 0. The van der Waals surface area contributed by atoms with Crippen LogP contribution in [-0.2, 0) is 13.0 Å². The van der Waals surface area contributed by atoms with Crippen molar-refractivity contribution in [3.63, 3.8) is 0 Å². The van der Waals surface area contributed by atoms with E-state index in [9.17, 15) is 8.78 Å². The molecule has 0 unspecified atom stereocenters. The largest absolute Gasteiger partial charge is 0.468 e. The Morgan fingerprint density at radius 3 is 2.50 bits per heavy atom. The molecule has 1 aromatic heterocycles. The first kappa shape index (κ1) is 12.8. The Bertz CT molecular complexity index is 502. The standard InChI is InChI=1S/C14H15F2NO/c1-10-3-5-18-14(10)9-17-4-2-11-6-12(15)8-13(16)7-11/h3,5-8,17H,2,4,9H2,1H3. The first-order valence-electron chi connectivity index (χ1n) is 5.84. The lowest BCUT2D eigenvalue weighted by Crippen LogP contribution is -2.16. The van der Waals surface area contributed by atoms with Crippen LogP contribution in [0.4, 0.5) is 8.78 Å². The molecule has 0 spiro atoms. The van der Waals surface area contributed by atoms with Gasteiger partial charge >= 0.3 is 0 Å². The third-order valence-corrected chi connectivity index (χ3v) is 2.77. The van der Waals surface area contributed by atoms with Crippen molar-refractivity contribution in [2.45, 2.75) is 19.9 Å². The van der Waals surface area contributed by atoms with E-state index in [0.29, 0.717) is 25.1 Å². The molecule has 0 saturated carbocycles. The summed E-state index contributed by atoms with van der Waals surface area (Å²) in [7, 11) is 0. The maximum Gasteiger partial charge on any atom is 0.126 e. The number of nitrogens with one attached hydrogen (secondary N) is 1. The average molecular weight is 251 g/mol. The monoisotopic (exact) mass is 251 g/mol. The van der Waals surface area contributed by atoms with Crippen LogP contribution >= 0.6 is 0 Å². The van der Waals surface area contributed by atoms with Gasteiger partial charge in [-0.3, -0.25) is 0 Å². The van der Waals surface area contributed by atoms with Crippen molar-refractivity contribution < 1.29 is 13.2 Å². The number of rotatable bonds is 5. The van der Waals surface area contributed by atoms with Gasteiger partial charge in [0.05, 0.1) is 12.8 Å². The van der Waals surface area contributed by atoms with Crippen LogP contribution < -0.4 is 5.32 Å². The lowest BCUT2D eigenvalue weighted by atomic mass is 10.1. The molecule has 0 radical (unpaired) electrons. The number of hydrogen-bond donors (Lipinski definition) is 1. The van der Waals surface area contributed by atoms with Gasteiger partial charge < -0.3 is 9.73 Å². The highest BCUT2D eigenvalue weighted by molar-refractivity contribution is 5.18. The lowest BCUT2D eigenvalue weighted by molar-refractivity contribution is 0.481. The molecule has 0 saturated heterocycles. The van der Waals surface area contributed by atoms with Gasteiger partial charge in [-0.1, -0.05) is 0 Å². The maximum absolute atomic E-state index is 12.9. The second-order valence-corrected chi connectivity index (χ2v) is 4.23. The molecule has 96 valence electrons. The van der Waals surface area contributed by atoms with Crippen LogP contribution in [0.25, 0.3) is 0 Å². The molecule has 1 aromatic carbocycles. The summed E-state index contributed by atoms with van der Waals surface area (Å²) in [5, 5.41) is 3.18. The quantitative estimate of drug-likeness (QED) is 0.825. The third-order valence-electron chi connectivity index (χ3n) is 2.77. The Morgan fingerprint density at radius 2 is 1.89 bits per heavy atom. The van der Waals surface area contributed by atoms with Gasteiger partial charge in [0.25, 0.3) is 0 Å². The Kier molecular flexibility index (Phi) is 4.10. The summed E-state index contributed by atoms with van der Waals surface area (Å²) in [6, 6.07) is 5.48. The van der Waals surface area contributed by atoms with Crippen molar-refractivity contribution in [2.75, 3.05) is 6.54 Å². The molecule has 0 aliphatic heterocycles. The molecule has 0 fully saturated rings. The van der Waals surface area contributed by atoms with Crippen LogP contribution in [0.1, 0.15) is 16.9 Å². The smallest absolute Gasteiger partial charge is 0.126 e. The highest BCUT2D eigenvalue weighted by Crippen LogP contribution is 2.09. The fourth-order valence-electron chi connectivity index (χ4n) is 1.78. The molecule has 4 heteroatoms. The molecule has 1 N–H and O–H groups in total. The van der Waals surface area contributed by atoms with Crippen molar-refractivity contribution in [2.24, 2.45) is 0 Å². The Morgan fingerprint density at radius 1 is 1.17 bits per heavy atom. The van der Waals surface area contributed by atoms with Crippen molar-refractivity contribution >= 4 is 0 Å². The van der Waals surface area contributed by atoms with Crippen LogP contribution in [-0.4, -0.2) is 6.54 Å². The molecule has 2 nitrogen and oxygen atoms in total. The molecule has 0 aliphatic carbocycles.